The second-order valence-electron chi connectivity index (χ2n) is 6.31. The number of hydrogen-bond acceptors (Lipinski definition) is 3. The molecule has 1 heterocycles. The molecule has 2 aromatic rings. The van der Waals surface area contributed by atoms with Crippen LogP contribution in [0.5, 0.6) is 0 Å². The van der Waals surface area contributed by atoms with Crippen LogP contribution in [0.2, 0.25) is 0 Å². The Bertz CT molecular complexity index is 765. The third kappa shape index (κ3) is 4.70. The van der Waals surface area contributed by atoms with E-state index in [0.29, 0.717) is 5.56 Å². The van der Waals surface area contributed by atoms with Gasteiger partial charge in [0.15, 0.2) is 0 Å². The van der Waals surface area contributed by atoms with Gasteiger partial charge in [0.25, 0.3) is 0 Å². The van der Waals surface area contributed by atoms with E-state index in [-0.39, 0.29) is 11.7 Å². The van der Waals surface area contributed by atoms with E-state index < -0.39 is 0 Å². The number of hydrogen-bond donors (Lipinski definition) is 1. The summed E-state index contributed by atoms with van der Waals surface area (Å²) < 4.78 is 13.5. The van der Waals surface area contributed by atoms with Crippen molar-refractivity contribution in [2.75, 3.05) is 42.9 Å². The van der Waals surface area contributed by atoms with E-state index in [1.165, 1.54) is 23.9 Å². The number of rotatable bonds is 5. The number of piperazine rings is 1. The maximum Gasteiger partial charge on any atom is 0.248 e. The monoisotopic (exact) mass is 353 g/mol. The summed E-state index contributed by atoms with van der Waals surface area (Å²) in [5.74, 6) is -0.623. The number of anilines is 2. The molecule has 4 nitrogen and oxygen atoms in total. The second kappa shape index (κ2) is 8.63. The molecule has 1 N–H and O–H groups in total. The highest BCUT2D eigenvalue weighted by molar-refractivity contribution is 6.02. The largest absolute Gasteiger partial charge is 0.369 e. The van der Waals surface area contributed by atoms with Gasteiger partial charge in [-0.1, -0.05) is 25.1 Å². The fraction of sp³-hybridized carbons (Fsp3) is 0.286. The van der Waals surface area contributed by atoms with Gasteiger partial charge in [-0.05, 0) is 43.0 Å². The first kappa shape index (κ1) is 18.1. The van der Waals surface area contributed by atoms with Crippen LogP contribution < -0.4 is 10.2 Å². The number of amides is 1. The van der Waals surface area contributed by atoms with Crippen molar-refractivity contribution in [1.82, 2.24) is 4.90 Å². The second-order valence-corrected chi connectivity index (χ2v) is 6.31. The number of nitrogens with zero attached hydrogens (tertiary/aromatic N) is 2. The minimum atomic E-state index is -0.343. The normalized spacial score (nSPS) is 15.4. The standard InChI is InChI=1S/C21H24FN3O/c1-2-24-13-15-25(16-14-24)19-10-8-18(9-11-19)23-21(26)12-7-17-5-3-4-6-20(17)22/h3-12H,2,13-16H2,1H3,(H,23,26). The molecule has 26 heavy (non-hydrogen) atoms. The average Bonchev–Trinajstić information content (AvgIpc) is 2.68. The van der Waals surface area contributed by atoms with Crippen molar-refractivity contribution in [3.8, 4) is 0 Å². The first-order chi connectivity index (χ1) is 12.7. The lowest BCUT2D eigenvalue weighted by atomic mass is 10.2. The molecule has 3 rings (SSSR count). The van der Waals surface area contributed by atoms with E-state index in [1.807, 2.05) is 24.3 Å². The number of halogens is 1. The highest BCUT2D eigenvalue weighted by Gasteiger charge is 2.15. The zero-order chi connectivity index (χ0) is 18.4. The summed E-state index contributed by atoms with van der Waals surface area (Å²) in [6, 6.07) is 14.2. The Morgan fingerprint density at radius 3 is 2.42 bits per heavy atom. The number of nitrogens with one attached hydrogen (secondary N) is 1. The van der Waals surface area contributed by atoms with Gasteiger partial charge >= 0.3 is 0 Å². The quantitative estimate of drug-likeness (QED) is 0.834. The molecule has 1 amide bonds. The van der Waals surface area contributed by atoms with Crippen LogP contribution >= 0.6 is 0 Å². The Labute approximate surface area is 153 Å². The molecule has 136 valence electrons. The van der Waals surface area contributed by atoms with Crippen LogP contribution in [-0.2, 0) is 4.79 Å². The number of carbonyl (C=O) groups is 1. The van der Waals surface area contributed by atoms with Crippen LogP contribution in [0.1, 0.15) is 12.5 Å². The molecule has 5 heteroatoms. The third-order valence-corrected chi connectivity index (χ3v) is 4.64. The van der Waals surface area contributed by atoms with Crippen molar-refractivity contribution in [3.63, 3.8) is 0 Å². The van der Waals surface area contributed by atoms with Gasteiger partial charge in [0.1, 0.15) is 5.82 Å². The highest BCUT2D eigenvalue weighted by Crippen LogP contribution is 2.19. The van der Waals surface area contributed by atoms with E-state index in [1.54, 1.807) is 18.2 Å². The first-order valence-corrected chi connectivity index (χ1v) is 8.96. The third-order valence-electron chi connectivity index (χ3n) is 4.64. The van der Waals surface area contributed by atoms with Gasteiger partial charge in [-0.3, -0.25) is 4.79 Å². The fourth-order valence-electron chi connectivity index (χ4n) is 3.04. The summed E-state index contributed by atoms with van der Waals surface area (Å²) in [6.07, 6.45) is 2.82. The Morgan fingerprint density at radius 2 is 1.77 bits per heavy atom. The summed E-state index contributed by atoms with van der Waals surface area (Å²) >= 11 is 0. The molecule has 0 unspecified atom stereocenters. The van der Waals surface area contributed by atoms with Crippen LogP contribution in [0.15, 0.2) is 54.6 Å². The summed E-state index contributed by atoms with van der Waals surface area (Å²) in [4.78, 5) is 16.8. The van der Waals surface area contributed by atoms with Crippen molar-refractivity contribution in [2.24, 2.45) is 0 Å². The molecule has 1 aliphatic rings. The van der Waals surface area contributed by atoms with E-state index >= 15 is 0 Å². The zero-order valence-electron chi connectivity index (χ0n) is 15.0. The molecule has 1 aliphatic heterocycles. The smallest absolute Gasteiger partial charge is 0.248 e. The van der Waals surface area contributed by atoms with Gasteiger partial charge in [-0.2, -0.15) is 0 Å². The van der Waals surface area contributed by atoms with Gasteiger partial charge in [-0.25, -0.2) is 4.39 Å². The molecule has 0 spiro atoms. The van der Waals surface area contributed by atoms with Gasteiger partial charge in [0.2, 0.25) is 5.91 Å². The lowest BCUT2D eigenvalue weighted by Crippen LogP contribution is -2.46. The van der Waals surface area contributed by atoms with Crippen LogP contribution in [0.25, 0.3) is 6.08 Å². The molecule has 2 aromatic carbocycles. The highest BCUT2D eigenvalue weighted by atomic mass is 19.1. The topological polar surface area (TPSA) is 35.6 Å². The summed E-state index contributed by atoms with van der Waals surface area (Å²) in [7, 11) is 0. The average molecular weight is 353 g/mol. The minimum absolute atomic E-state index is 0.280. The summed E-state index contributed by atoms with van der Waals surface area (Å²) in [6.45, 7) is 7.48. The first-order valence-electron chi connectivity index (χ1n) is 8.96. The molecule has 0 aromatic heterocycles. The lowest BCUT2D eigenvalue weighted by Gasteiger charge is -2.35. The molecule has 1 saturated heterocycles. The molecule has 0 aliphatic carbocycles. The van der Waals surface area contributed by atoms with Crippen molar-refractivity contribution in [3.05, 3.63) is 66.0 Å². The number of carbonyl (C=O) groups excluding carboxylic acids is 1. The fourth-order valence-corrected chi connectivity index (χ4v) is 3.04. The summed E-state index contributed by atoms with van der Waals surface area (Å²) in [5, 5.41) is 2.80. The van der Waals surface area contributed by atoms with E-state index in [2.05, 4.69) is 22.0 Å². The molecule has 1 fully saturated rings. The molecule has 0 atom stereocenters. The number of likely N-dealkylation sites (N-methyl/N-ethyl adjacent to an activating group) is 1. The van der Waals surface area contributed by atoms with E-state index in [9.17, 15) is 9.18 Å². The molecule has 0 radical (unpaired) electrons. The maximum atomic E-state index is 13.5. The van der Waals surface area contributed by atoms with Gasteiger partial charge in [-0.15, -0.1) is 0 Å². The van der Waals surface area contributed by atoms with Gasteiger partial charge in [0.05, 0.1) is 0 Å². The lowest BCUT2D eigenvalue weighted by molar-refractivity contribution is -0.111. The molecular formula is C21H24FN3O. The Hall–Kier alpha value is -2.66. The van der Waals surface area contributed by atoms with Crippen molar-refractivity contribution >= 4 is 23.4 Å². The van der Waals surface area contributed by atoms with E-state index in [4.69, 9.17) is 0 Å². The van der Waals surface area contributed by atoms with Crippen LogP contribution in [0, 0.1) is 5.82 Å². The molecule has 0 saturated carbocycles. The van der Waals surface area contributed by atoms with Crippen LogP contribution in [0.4, 0.5) is 15.8 Å². The predicted octanol–water partition coefficient (Wildman–Crippen LogP) is 3.62. The molecular weight excluding hydrogens is 329 g/mol. The maximum absolute atomic E-state index is 13.5. The predicted molar refractivity (Wildman–Crippen MR) is 105 cm³/mol. The van der Waals surface area contributed by atoms with Crippen molar-refractivity contribution < 1.29 is 9.18 Å². The van der Waals surface area contributed by atoms with Gasteiger partial charge < -0.3 is 15.1 Å². The minimum Gasteiger partial charge on any atom is -0.369 e. The number of benzene rings is 2. The van der Waals surface area contributed by atoms with E-state index in [0.717, 1.165) is 38.4 Å². The molecule has 0 bridgehead atoms. The summed E-state index contributed by atoms with van der Waals surface area (Å²) in [5.41, 5.74) is 2.29. The zero-order valence-corrected chi connectivity index (χ0v) is 15.0. The Kier molecular flexibility index (Phi) is 6.02. The Morgan fingerprint density at radius 1 is 1.08 bits per heavy atom. The van der Waals surface area contributed by atoms with Crippen LogP contribution in [0.3, 0.4) is 0 Å². The Balaban J connectivity index is 1.56. The van der Waals surface area contributed by atoms with Crippen molar-refractivity contribution in [1.29, 1.82) is 0 Å². The van der Waals surface area contributed by atoms with Gasteiger partial charge in [0, 0.05) is 49.2 Å². The van der Waals surface area contributed by atoms with Crippen LogP contribution in [-0.4, -0.2) is 43.5 Å². The SMILES string of the molecule is CCN1CCN(c2ccc(NC(=O)C=Cc3ccccc3F)cc2)CC1. The van der Waals surface area contributed by atoms with Crippen molar-refractivity contribution in [2.45, 2.75) is 6.92 Å².